The summed E-state index contributed by atoms with van der Waals surface area (Å²) < 4.78 is 26.5. The molecule has 0 spiro atoms. The van der Waals surface area contributed by atoms with Gasteiger partial charge in [-0.3, -0.25) is 0 Å². The van der Waals surface area contributed by atoms with E-state index in [-0.39, 0.29) is 4.47 Å². The lowest BCUT2D eigenvalue weighted by molar-refractivity contribution is 0.371. The second-order valence-corrected chi connectivity index (χ2v) is 5.02. The van der Waals surface area contributed by atoms with Gasteiger partial charge < -0.3 is 5.32 Å². The zero-order valence-corrected chi connectivity index (χ0v) is 10.5. The highest BCUT2D eigenvalue weighted by Gasteiger charge is 2.17. The van der Waals surface area contributed by atoms with E-state index in [0.717, 1.165) is 37.9 Å². The summed E-state index contributed by atoms with van der Waals surface area (Å²) in [6, 6.07) is 2.88. The van der Waals surface area contributed by atoms with Gasteiger partial charge in [0.05, 0.1) is 4.47 Å². The van der Waals surface area contributed by atoms with Crippen LogP contribution >= 0.6 is 15.9 Å². The molecule has 1 aliphatic heterocycles. The van der Waals surface area contributed by atoms with Crippen molar-refractivity contribution < 1.29 is 8.78 Å². The molecule has 2 rings (SSSR count). The van der Waals surface area contributed by atoms with E-state index in [1.54, 1.807) is 6.07 Å². The van der Waals surface area contributed by atoms with Gasteiger partial charge in [-0.05, 0) is 65.8 Å². The van der Waals surface area contributed by atoms with E-state index in [1.807, 2.05) is 0 Å². The molecule has 0 saturated carbocycles. The highest BCUT2D eigenvalue weighted by Crippen LogP contribution is 2.27. The summed E-state index contributed by atoms with van der Waals surface area (Å²) >= 11 is 3.13. The summed E-state index contributed by atoms with van der Waals surface area (Å²) in [7, 11) is 0. The maximum Gasteiger partial charge on any atom is 0.173 e. The molecular weight excluding hydrogens is 276 g/mol. The second-order valence-electron chi connectivity index (χ2n) is 4.23. The Kier molecular flexibility index (Phi) is 3.92. The number of rotatable bonds is 2. The van der Waals surface area contributed by atoms with Crippen LogP contribution in [0.25, 0.3) is 0 Å². The van der Waals surface area contributed by atoms with Crippen LogP contribution in [0.5, 0.6) is 0 Å². The number of halogens is 3. The summed E-state index contributed by atoms with van der Waals surface area (Å²) in [5.41, 5.74) is 0.866. The molecule has 0 amide bonds. The Morgan fingerprint density at radius 3 is 2.62 bits per heavy atom. The summed E-state index contributed by atoms with van der Waals surface area (Å²) in [4.78, 5) is 0. The fraction of sp³-hybridized carbons (Fsp3) is 0.500. The van der Waals surface area contributed by atoms with E-state index in [2.05, 4.69) is 21.2 Å². The molecule has 1 aromatic carbocycles. The van der Waals surface area contributed by atoms with Crippen LogP contribution in [-0.2, 0) is 6.42 Å². The van der Waals surface area contributed by atoms with Gasteiger partial charge in [0.2, 0.25) is 0 Å². The Bertz CT molecular complexity index is 376. The van der Waals surface area contributed by atoms with Gasteiger partial charge in [0.25, 0.3) is 0 Å². The molecule has 1 aromatic rings. The second kappa shape index (κ2) is 5.23. The number of hydrogen-bond donors (Lipinski definition) is 1. The maximum absolute atomic E-state index is 13.3. The minimum absolute atomic E-state index is 0.283. The molecule has 0 atom stereocenters. The maximum atomic E-state index is 13.3. The third-order valence-corrected chi connectivity index (χ3v) is 3.94. The summed E-state index contributed by atoms with van der Waals surface area (Å²) in [5.74, 6) is -0.991. The Balaban J connectivity index is 2.11. The Hall–Kier alpha value is -0.480. The molecule has 1 saturated heterocycles. The zero-order valence-electron chi connectivity index (χ0n) is 8.90. The van der Waals surface area contributed by atoms with Crippen molar-refractivity contribution in [2.24, 2.45) is 5.92 Å². The molecule has 1 N–H and O–H groups in total. The van der Waals surface area contributed by atoms with E-state index in [0.29, 0.717) is 5.92 Å². The number of piperidine rings is 1. The van der Waals surface area contributed by atoms with Crippen LogP contribution in [0.1, 0.15) is 18.4 Å². The first-order chi connectivity index (χ1) is 7.68. The lowest BCUT2D eigenvalue weighted by atomic mass is 9.91. The molecule has 4 heteroatoms. The van der Waals surface area contributed by atoms with Crippen LogP contribution in [0, 0.1) is 17.6 Å². The van der Waals surface area contributed by atoms with Crippen LogP contribution < -0.4 is 5.32 Å². The Morgan fingerprint density at radius 1 is 1.25 bits per heavy atom. The Morgan fingerprint density at radius 2 is 1.94 bits per heavy atom. The van der Waals surface area contributed by atoms with Crippen molar-refractivity contribution in [3.05, 3.63) is 33.8 Å². The lowest BCUT2D eigenvalue weighted by Gasteiger charge is -2.23. The van der Waals surface area contributed by atoms with Gasteiger partial charge in [0.15, 0.2) is 11.6 Å². The van der Waals surface area contributed by atoms with Crippen LogP contribution in [0.15, 0.2) is 16.6 Å². The third-order valence-electron chi connectivity index (χ3n) is 3.08. The molecule has 0 bridgehead atoms. The van der Waals surface area contributed by atoms with Gasteiger partial charge >= 0.3 is 0 Å². The van der Waals surface area contributed by atoms with E-state index >= 15 is 0 Å². The smallest absolute Gasteiger partial charge is 0.173 e. The molecule has 16 heavy (non-hydrogen) atoms. The van der Waals surface area contributed by atoms with Crippen molar-refractivity contribution in [3.8, 4) is 0 Å². The van der Waals surface area contributed by atoms with Gasteiger partial charge in [-0.25, -0.2) is 8.78 Å². The van der Waals surface area contributed by atoms with Crippen molar-refractivity contribution in [2.75, 3.05) is 13.1 Å². The van der Waals surface area contributed by atoms with Crippen molar-refractivity contribution in [2.45, 2.75) is 19.3 Å². The van der Waals surface area contributed by atoms with Gasteiger partial charge in [-0.15, -0.1) is 0 Å². The van der Waals surface area contributed by atoms with Crippen LogP contribution in [0.2, 0.25) is 0 Å². The van der Waals surface area contributed by atoms with Crippen molar-refractivity contribution in [3.63, 3.8) is 0 Å². The minimum Gasteiger partial charge on any atom is -0.317 e. The van der Waals surface area contributed by atoms with Gasteiger partial charge in [-0.2, -0.15) is 0 Å². The first-order valence-electron chi connectivity index (χ1n) is 5.51. The van der Waals surface area contributed by atoms with Gasteiger partial charge in [0.1, 0.15) is 0 Å². The topological polar surface area (TPSA) is 12.0 Å². The molecule has 1 nitrogen and oxygen atoms in total. The van der Waals surface area contributed by atoms with Crippen LogP contribution in [0.4, 0.5) is 8.78 Å². The predicted octanol–water partition coefficient (Wildman–Crippen LogP) is 3.27. The zero-order chi connectivity index (χ0) is 11.5. The highest BCUT2D eigenvalue weighted by molar-refractivity contribution is 9.10. The first-order valence-corrected chi connectivity index (χ1v) is 6.31. The minimum atomic E-state index is -0.791. The average Bonchev–Trinajstić information content (AvgIpc) is 2.31. The van der Waals surface area contributed by atoms with Gasteiger partial charge in [0, 0.05) is 0 Å². The molecule has 1 aliphatic rings. The van der Waals surface area contributed by atoms with Crippen molar-refractivity contribution >= 4 is 15.9 Å². The van der Waals surface area contributed by atoms with Crippen molar-refractivity contribution in [1.82, 2.24) is 5.32 Å². The van der Waals surface area contributed by atoms with E-state index in [4.69, 9.17) is 0 Å². The molecule has 88 valence electrons. The Labute approximate surface area is 102 Å². The number of benzene rings is 1. The molecule has 0 radical (unpaired) electrons. The molecule has 0 aromatic heterocycles. The summed E-state index contributed by atoms with van der Waals surface area (Å²) in [6.45, 7) is 2.04. The quantitative estimate of drug-likeness (QED) is 0.824. The monoisotopic (exact) mass is 289 g/mol. The summed E-state index contributed by atoms with van der Waals surface area (Å²) in [5, 5.41) is 3.29. The third kappa shape index (κ3) is 2.61. The predicted molar refractivity (Wildman–Crippen MR) is 63.4 cm³/mol. The average molecular weight is 290 g/mol. The molecular formula is C12H14BrF2N. The molecule has 1 heterocycles. The lowest BCUT2D eigenvalue weighted by Crippen LogP contribution is -2.28. The standard InChI is InChI=1S/C12H14BrF2N/c13-11-9(1-2-10(14)12(11)15)7-8-3-5-16-6-4-8/h1-2,8,16H,3-7H2. The SMILES string of the molecule is Fc1ccc(CC2CCNCC2)c(Br)c1F. The van der Waals surface area contributed by atoms with E-state index in [9.17, 15) is 8.78 Å². The number of hydrogen-bond acceptors (Lipinski definition) is 1. The first kappa shape index (κ1) is 12.0. The normalized spacial score (nSPS) is 17.7. The summed E-state index contributed by atoms with van der Waals surface area (Å²) in [6.07, 6.45) is 3.02. The van der Waals surface area contributed by atoms with Crippen molar-refractivity contribution in [1.29, 1.82) is 0 Å². The fourth-order valence-electron chi connectivity index (χ4n) is 2.12. The molecule has 0 aliphatic carbocycles. The van der Waals surface area contributed by atoms with Crippen LogP contribution in [-0.4, -0.2) is 13.1 Å². The van der Waals surface area contributed by atoms with Crippen LogP contribution in [0.3, 0.4) is 0 Å². The van der Waals surface area contributed by atoms with Gasteiger partial charge in [-0.1, -0.05) is 6.07 Å². The molecule has 1 fully saturated rings. The number of nitrogens with one attached hydrogen (secondary N) is 1. The fourth-order valence-corrected chi connectivity index (χ4v) is 2.60. The molecule has 0 unspecified atom stereocenters. The largest absolute Gasteiger partial charge is 0.317 e. The van der Waals surface area contributed by atoms with E-state index < -0.39 is 11.6 Å². The highest BCUT2D eigenvalue weighted by atomic mass is 79.9. The van der Waals surface area contributed by atoms with E-state index in [1.165, 1.54) is 6.07 Å².